The van der Waals surface area contributed by atoms with E-state index in [1.165, 1.54) is 19.0 Å². The number of sulfonamides is 1. The minimum absolute atomic E-state index is 0.0244. The van der Waals surface area contributed by atoms with E-state index in [1.807, 2.05) is 0 Å². The third kappa shape index (κ3) is 5.07. The first-order valence-corrected chi connectivity index (χ1v) is 11.5. The lowest BCUT2D eigenvalue weighted by Gasteiger charge is -2.12. The van der Waals surface area contributed by atoms with Gasteiger partial charge >= 0.3 is 0 Å². The van der Waals surface area contributed by atoms with Crippen molar-refractivity contribution in [3.63, 3.8) is 0 Å². The topological polar surface area (TPSA) is 115 Å². The van der Waals surface area contributed by atoms with Gasteiger partial charge in [0.1, 0.15) is 6.10 Å². The molecule has 10 heteroatoms. The first kappa shape index (κ1) is 20.1. The van der Waals surface area contributed by atoms with E-state index in [1.54, 1.807) is 47.2 Å². The van der Waals surface area contributed by atoms with Crippen LogP contribution in [0.5, 0.6) is 5.88 Å². The van der Waals surface area contributed by atoms with Gasteiger partial charge in [-0.1, -0.05) is 0 Å². The predicted molar refractivity (Wildman–Crippen MR) is 112 cm³/mol. The van der Waals surface area contributed by atoms with Crippen LogP contribution in [0.1, 0.15) is 36.0 Å². The molecular formula is C20H23N5O4S. The van der Waals surface area contributed by atoms with Gasteiger partial charge in [0.2, 0.25) is 15.9 Å². The molecule has 1 saturated carbocycles. The maximum Gasteiger partial charge on any atom is 0.252 e. The Balaban J connectivity index is 1.26. The Morgan fingerprint density at radius 3 is 2.80 bits per heavy atom. The highest BCUT2D eigenvalue weighted by Gasteiger charge is 2.17. The second-order valence-electron chi connectivity index (χ2n) is 7.20. The van der Waals surface area contributed by atoms with Gasteiger partial charge < -0.3 is 10.1 Å². The minimum Gasteiger partial charge on any atom is -0.474 e. The molecule has 0 radical (unpaired) electrons. The van der Waals surface area contributed by atoms with Crippen molar-refractivity contribution in [3.8, 4) is 5.88 Å². The number of rotatable bonds is 8. The molecule has 3 aromatic heterocycles. The van der Waals surface area contributed by atoms with Crippen LogP contribution in [0.25, 0.3) is 5.52 Å². The molecule has 1 aliphatic carbocycles. The van der Waals surface area contributed by atoms with E-state index in [2.05, 4.69) is 20.1 Å². The van der Waals surface area contributed by atoms with E-state index < -0.39 is 10.0 Å². The monoisotopic (exact) mass is 429 g/mol. The Labute approximate surface area is 174 Å². The lowest BCUT2D eigenvalue weighted by Crippen LogP contribution is -2.31. The summed E-state index contributed by atoms with van der Waals surface area (Å²) >= 11 is 0. The maximum absolute atomic E-state index is 12.3. The summed E-state index contributed by atoms with van der Waals surface area (Å²) in [6.07, 6.45) is 9.33. The second-order valence-corrected chi connectivity index (χ2v) is 9.04. The lowest BCUT2D eigenvalue weighted by atomic mass is 10.2. The fourth-order valence-electron chi connectivity index (χ4n) is 3.38. The molecule has 158 valence electrons. The number of nitrogens with zero attached hydrogens (tertiary/aromatic N) is 3. The number of anilines is 1. The summed E-state index contributed by atoms with van der Waals surface area (Å²) < 4.78 is 34.5. The molecule has 0 atom stereocenters. The first-order valence-electron chi connectivity index (χ1n) is 9.83. The van der Waals surface area contributed by atoms with Crippen LogP contribution in [0.4, 0.5) is 5.69 Å². The fraction of sp³-hybridized carbons (Fsp3) is 0.350. The summed E-state index contributed by atoms with van der Waals surface area (Å²) in [5.74, 6) is -0.134. The van der Waals surface area contributed by atoms with Crippen LogP contribution in [0.3, 0.4) is 0 Å². The van der Waals surface area contributed by atoms with Crippen molar-refractivity contribution in [2.75, 3.05) is 17.0 Å². The molecule has 1 aliphatic rings. The van der Waals surface area contributed by atoms with E-state index in [-0.39, 0.29) is 24.3 Å². The Hall–Kier alpha value is -3.14. The SMILES string of the molecule is O=C(NCCS(=O)(=O)Nc1ccn2nccc2c1)c1ccc(OC2CCCC2)nc1. The van der Waals surface area contributed by atoms with Gasteiger partial charge in [-0.3, -0.25) is 9.52 Å². The number of carbonyl (C=O) groups is 1. The molecule has 0 spiro atoms. The van der Waals surface area contributed by atoms with Crippen molar-refractivity contribution < 1.29 is 17.9 Å². The van der Waals surface area contributed by atoms with Crippen LogP contribution < -0.4 is 14.8 Å². The highest BCUT2D eigenvalue weighted by Crippen LogP contribution is 2.22. The molecule has 2 N–H and O–H groups in total. The summed E-state index contributed by atoms with van der Waals surface area (Å²) in [6, 6.07) is 8.37. The Morgan fingerprint density at radius 1 is 1.20 bits per heavy atom. The minimum atomic E-state index is -3.61. The van der Waals surface area contributed by atoms with Crippen LogP contribution in [-0.4, -0.2) is 47.3 Å². The number of nitrogens with one attached hydrogen (secondary N) is 2. The molecule has 1 amide bonds. The van der Waals surface area contributed by atoms with Gasteiger partial charge in [-0.2, -0.15) is 5.10 Å². The third-order valence-electron chi connectivity index (χ3n) is 4.92. The largest absolute Gasteiger partial charge is 0.474 e. The number of carbonyl (C=O) groups excluding carboxylic acids is 1. The zero-order valence-electron chi connectivity index (χ0n) is 16.3. The van der Waals surface area contributed by atoms with Crippen molar-refractivity contribution in [1.82, 2.24) is 19.9 Å². The molecule has 30 heavy (non-hydrogen) atoms. The van der Waals surface area contributed by atoms with Gasteiger partial charge in [0.15, 0.2) is 0 Å². The number of pyridine rings is 2. The van der Waals surface area contributed by atoms with Crippen molar-refractivity contribution in [3.05, 3.63) is 54.5 Å². The summed E-state index contributed by atoms with van der Waals surface area (Å²) in [5, 5.41) is 6.67. The lowest BCUT2D eigenvalue weighted by molar-refractivity contribution is 0.0955. The number of aromatic nitrogens is 3. The van der Waals surface area contributed by atoms with Gasteiger partial charge in [-0.05, 0) is 49.9 Å². The van der Waals surface area contributed by atoms with Crippen molar-refractivity contribution in [2.24, 2.45) is 0 Å². The number of hydrogen-bond acceptors (Lipinski definition) is 6. The Kier molecular flexibility index (Phi) is 5.84. The van der Waals surface area contributed by atoms with Crippen LogP contribution >= 0.6 is 0 Å². The normalized spacial score (nSPS) is 14.7. The standard InChI is InChI=1S/C20H23N5O4S/c26-20(15-5-6-19(22-14-15)29-18-3-1-2-4-18)21-10-12-30(27,28)24-16-8-11-25-17(13-16)7-9-23-25/h5-9,11,13-14,18,24H,1-4,10,12H2,(H,21,26). The second kappa shape index (κ2) is 8.70. The smallest absolute Gasteiger partial charge is 0.252 e. The molecule has 1 fully saturated rings. The molecular weight excluding hydrogens is 406 g/mol. The van der Waals surface area contributed by atoms with Gasteiger partial charge in [0, 0.05) is 31.2 Å². The highest BCUT2D eigenvalue weighted by molar-refractivity contribution is 7.92. The number of amides is 1. The van der Waals surface area contributed by atoms with Crippen LogP contribution in [0.15, 0.2) is 48.9 Å². The summed E-state index contributed by atoms with van der Waals surface area (Å²) in [5.41, 5.74) is 1.57. The van der Waals surface area contributed by atoms with E-state index in [4.69, 9.17) is 4.74 Å². The first-order chi connectivity index (χ1) is 14.5. The van der Waals surface area contributed by atoms with Crippen molar-refractivity contribution >= 4 is 27.1 Å². The molecule has 4 rings (SSSR count). The Bertz CT molecular complexity index is 1120. The quantitative estimate of drug-likeness (QED) is 0.567. The maximum atomic E-state index is 12.3. The molecule has 0 aliphatic heterocycles. The predicted octanol–water partition coefficient (Wildman–Crippen LogP) is 2.22. The molecule has 3 aromatic rings. The number of ether oxygens (including phenoxy) is 1. The summed E-state index contributed by atoms with van der Waals surface area (Å²) in [4.78, 5) is 16.4. The van der Waals surface area contributed by atoms with Gasteiger partial charge in [-0.15, -0.1) is 0 Å². The third-order valence-corrected chi connectivity index (χ3v) is 6.21. The zero-order valence-corrected chi connectivity index (χ0v) is 17.1. The van der Waals surface area contributed by atoms with Crippen LogP contribution in [0.2, 0.25) is 0 Å². The molecule has 0 unspecified atom stereocenters. The van der Waals surface area contributed by atoms with E-state index in [9.17, 15) is 13.2 Å². The highest BCUT2D eigenvalue weighted by atomic mass is 32.2. The molecule has 9 nitrogen and oxygen atoms in total. The fourth-order valence-corrected chi connectivity index (χ4v) is 4.34. The number of hydrogen-bond donors (Lipinski definition) is 2. The van der Waals surface area contributed by atoms with Gasteiger partial charge in [0.25, 0.3) is 5.91 Å². The summed E-state index contributed by atoms with van der Waals surface area (Å²) in [7, 11) is -3.61. The average molecular weight is 430 g/mol. The van der Waals surface area contributed by atoms with Crippen LogP contribution in [-0.2, 0) is 10.0 Å². The van der Waals surface area contributed by atoms with Gasteiger partial charge in [0.05, 0.1) is 22.5 Å². The van der Waals surface area contributed by atoms with E-state index >= 15 is 0 Å². The van der Waals surface area contributed by atoms with Crippen molar-refractivity contribution in [1.29, 1.82) is 0 Å². The van der Waals surface area contributed by atoms with E-state index in [0.717, 1.165) is 18.4 Å². The molecule has 0 aromatic carbocycles. The van der Waals surface area contributed by atoms with Crippen LogP contribution in [0, 0.1) is 0 Å². The molecule has 0 saturated heterocycles. The molecule has 0 bridgehead atoms. The van der Waals surface area contributed by atoms with Gasteiger partial charge in [-0.25, -0.2) is 17.9 Å². The summed E-state index contributed by atoms with van der Waals surface area (Å²) in [6.45, 7) is -0.0244. The van der Waals surface area contributed by atoms with Crippen molar-refractivity contribution in [2.45, 2.75) is 31.8 Å². The average Bonchev–Trinajstić information content (AvgIpc) is 3.39. The zero-order chi connectivity index (χ0) is 21.0. The Morgan fingerprint density at radius 2 is 2.03 bits per heavy atom. The van der Waals surface area contributed by atoms with E-state index in [0.29, 0.717) is 17.1 Å². The molecule has 3 heterocycles. The number of fused-ring (bicyclic) bond motifs is 1.